The molecular weight excluding hydrogens is 188 g/mol. The van der Waals surface area contributed by atoms with E-state index in [2.05, 4.69) is 0 Å². The Labute approximate surface area is 80.1 Å². The molecule has 78 valence electrons. The monoisotopic (exact) mass is 206 g/mol. The summed E-state index contributed by atoms with van der Waals surface area (Å²) in [4.78, 5) is 0. The molecule has 4 heteroatoms. The minimum absolute atomic E-state index is 0.0533. The van der Waals surface area contributed by atoms with Crippen LogP contribution in [0.25, 0.3) is 0 Å². The van der Waals surface area contributed by atoms with Crippen molar-refractivity contribution in [3.63, 3.8) is 0 Å². The third-order valence-corrected chi connectivity index (χ3v) is 4.84. The van der Waals surface area contributed by atoms with Crippen LogP contribution in [0.15, 0.2) is 0 Å². The van der Waals surface area contributed by atoms with Gasteiger partial charge in [-0.1, -0.05) is 13.3 Å². The molecule has 1 aliphatic carbocycles. The van der Waals surface area contributed by atoms with Crippen LogP contribution in [0.4, 0.5) is 0 Å². The average Bonchev–Trinajstić information content (AvgIpc) is 2.03. The maximum atomic E-state index is 11.2. The fourth-order valence-corrected chi connectivity index (χ4v) is 2.71. The van der Waals surface area contributed by atoms with Crippen LogP contribution < -0.4 is 0 Å². The van der Waals surface area contributed by atoms with Crippen molar-refractivity contribution < 1.29 is 13.5 Å². The van der Waals surface area contributed by atoms with E-state index in [4.69, 9.17) is 5.11 Å². The van der Waals surface area contributed by atoms with Crippen LogP contribution in [0.3, 0.4) is 0 Å². The van der Waals surface area contributed by atoms with E-state index in [9.17, 15) is 8.42 Å². The molecule has 0 aromatic carbocycles. The number of sulfone groups is 1. The van der Waals surface area contributed by atoms with E-state index >= 15 is 0 Å². The van der Waals surface area contributed by atoms with Crippen molar-refractivity contribution >= 4 is 9.84 Å². The number of aliphatic hydroxyl groups is 1. The molecule has 0 spiro atoms. The minimum atomic E-state index is -2.85. The van der Waals surface area contributed by atoms with Gasteiger partial charge in [0.2, 0.25) is 0 Å². The molecule has 0 atom stereocenters. The summed E-state index contributed by atoms with van der Waals surface area (Å²) in [5.74, 6) is 0.457. The molecule has 1 saturated carbocycles. The Morgan fingerprint density at radius 3 is 2.31 bits per heavy atom. The van der Waals surface area contributed by atoms with Crippen LogP contribution in [0.2, 0.25) is 0 Å². The number of rotatable bonds is 5. The molecule has 1 aliphatic rings. The summed E-state index contributed by atoms with van der Waals surface area (Å²) < 4.78 is 22.4. The topological polar surface area (TPSA) is 54.4 Å². The van der Waals surface area contributed by atoms with Crippen LogP contribution >= 0.6 is 0 Å². The van der Waals surface area contributed by atoms with Gasteiger partial charge in [0.15, 0.2) is 0 Å². The smallest absolute Gasteiger partial charge is 0.150 e. The fourth-order valence-electron chi connectivity index (χ4n) is 1.68. The Balaban J connectivity index is 2.41. The van der Waals surface area contributed by atoms with Crippen LogP contribution in [0.1, 0.15) is 32.6 Å². The largest absolute Gasteiger partial charge is 0.396 e. The number of hydrogen-bond donors (Lipinski definition) is 1. The van der Waals surface area contributed by atoms with Gasteiger partial charge >= 0.3 is 0 Å². The molecule has 0 radical (unpaired) electrons. The van der Waals surface area contributed by atoms with Gasteiger partial charge in [0, 0.05) is 12.4 Å². The molecule has 0 unspecified atom stereocenters. The quantitative estimate of drug-likeness (QED) is 0.729. The zero-order chi connectivity index (χ0) is 9.95. The fraction of sp³-hybridized carbons (Fsp3) is 1.00. The Bertz CT molecular complexity index is 247. The molecule has 0 aliphatic heterocycles. The van der Waals surface area contributed by atoms with Gasteiger partial charge < -0.3 is 5.11 Å². The molecule has 13 heavy (non-hydrogen) atoms. The van der Waals surface area contributed by atoms with Crippen molar-refractivity contribution in [1.82, 2.24) is 0 Å². The third-order valence-electron chi connectivity index (χ3n) is 3.13. The van der Waals surface area contributed by atoms with Gasteiger partial charge in [0.25, 0.3) is 0 Å². The van der Waals surface area contributed by atoms with E-state index in [0.29, 0.717) is 6.42 Å². The van der Waals surface area contributed by atoms with Crippen molar-refractivity contribution in [3.8, 4) is 0 Å². The van der Waals surface area contributed by atoms with Crippen LogP contribution in [0, 0.1) is 5.41 Å². The third kappa shape index (κ3) is 2.68. The average molecular weight is 206 g/mol. The first-order valence-electron chi connectivity index (χ1n) is 4.85. The first kappa shape index (κ1) is 11.0. The Hall–Kier alpha value is -0.0900. The van der Waals surface area contributed by atoms with Crippen LogP contribution in [-0.2, 0) is 9.84 Å². The zero-order valence-corrected chi connectivity index (χ0v) is 8.94. The van der Waals surface area contributed by atoms with Crippen LogP contribution in [0.5, 0.6) is 0 Å². The Morgan fingerprint density at radius 2 is 2.00 bits per heavy atom. The van der Waals surface area contributed by atoms with E-state index in [1.54, 1.807) is 6.92 Å². The summed E-state index contributed by atoms with van der Waals surface area (Å²) >= 11 is 0. The summed E-state index contributed by atoms with van der Waals surface area (Å²) in [6.45, 7) is 1.81. The summed E-state index contributed by atoms with van der Waals surface area (Å²) in [6, 6.07) is 0. The molecule has 0 saturated heterocycles. The molecular formula is C9H18O3S. The second kappa shape index (κ2) is 3.96. The predicted octanol–water partition coefficient (Wildman–Crippen LogP) is 0.974. The van der Waals surface area contributed by atoms with E-state index in [0.717, 1.165) is 19.3 Å². The summed E-state index contributed by atoms with van der Waals surface area (Å²) in [5, 5.41) is 9.11. The molecule has 0 aromatic heterocycles. The normalized spacial score (nSPS) is 21.1. The maximum absolute atomic E-state index is 11.2. The standard InChI is InChI=1S/C9H18O3S/c1-2-13(11,12)7-6-9(8-10)4-3-5-9/h10H,2-8H2,1H3. The highest BCUT2D eigenvalue weighted by Gasteiger charge is 2.36. The van der Waals surface area contributed by atoms with Crippen molar-refractivity contribution in [3.05, 3.63) is 0 Å². The van der Waals surface area contributed by atoms with Crippen LogP contribution in [-0.4, -0.2) is 31.6 Å². The molecule has 1 rings (SSSR count). The van der Waals surface area contributed by atoms with Gasteiger partial charge in [0.05, 0.1) is 5.75 Å². The highest BCUT2D eigenvalue weighted by atomic mass is 32.2. The van der Waals surface area contributed by atoms with E-state index in [1.807, 2.05) is 0 Å². The minimum Gasteiger partial charge on any atom is -0.396 e. The van der Waals surface area contributed by atoms with Gasteiger partial charge in [-0.25, -0.2) is 8.42 Å². The van der Waals surface area contributed by atoms with Gasteiger partial charge in [-0.05, 0) is 24.7 Å². The Kier molecular flexibility index (Phi) is 3.35. The lowest BCUT2D eigenvalue weighted by Crippen LogP contribution is -2.35. The molecule has 3 nitrogen and oxygen atoms in total. The van der Waals surface area contributed by atoms with Gasteiger partial charge in [0.1, 0.15) is 9.84 Å². The lowest BCUT2D eigenvalue weighted by Gasteiger charge is -2.40. The molecule has 0 amide bonds. The van der Waals surface area contributed by atoms with Gasteiger partial charge in [-0.2, -0.15) is 0 Å². The summed E-state index contributed by atoms with van der Waals surface area (Å²) in [6.07, 6.45) is 3.75. The van der Waals surface area contributed by atoms with Crippen molar-refractivity contribution in [2.75, 3.05) is 18.1 Å². The maximum Gasteiger partial charge on any atom is 0.150 e. The van der Waals surface area contributed by atoms with E-state index in [1.165, 1.54) is 0 Å². The van der Waals surface area contributed by atoms with E-state index in [-0.39, 0.29) is 23.5 Å². The van der Waals surface area contributed by atoms with E-state index < -0.39 is 9.84 Å². The molecule has 0 aromatic rings. The molecule has 1 fully saturated rings. The number of aliphatic hydroxyl groups excluding tert-OH is 1. The molecule has 1 N–H and O–H groups in total. The van der Waals surface area contributed by atoms with Crippen molar-refractivity contribution in [2.45, 2.75) is 32.6 Å². The molecule has 0 heterocycles. The van der Waals surface area contributed by atoms with Gasteiger partial charge in [-0.15, -0.1) is 0 Å². The summed E-state index contributed by atoms with van der Waals surface area (Å²) in [5.41, 5.74) is -0.0533. The van der Waals surface area contributed by atoms with Crippen molar-refractivity contribution in [2.24, 2.45) is 5.41 Å². The zero-order valence-electron chi connectivity index (χ0n) is 8.12. The summed E-state index contributed by atoms with van der Waals surface area (Å²) in [7, 11) is -2.85. The number of hydrogen-bond acceptors (Lipinski definition) is 3. The lowest BCUT2D eigenvalue weighted by molar-refractivity contribution is 0.0418. The SMILES string of the molecule is CCS(=O)(=O)CCC1(CO)CCC1. The van der Waals surface area contributed by atoms with Gasteiger partial charge in [-0.3, -0.25) is 0 Å². The Morgan fingerprint density at radius 1 is 1.38 bits per heavy atom. The second-order valence-corrected chi connectivity index (χ2v) is 6.47. The first-order valence-corrected chi connectivity index (χ1v) is 6.67. The highest BCUT2D eigenvalue weighted by molar-refractivity contribution is 7.91. The van der Waals surface area contributed by atoms with Crippen molar-refractivity contribution in [1.29, 1.82) is 0 Å². The molecule has 0 bridgehead atoms. The predicted molar refractivity (Wildman–Crippen MR) is 52.3 cm³/mol. The second-order valence-electron chi connectivity index (χ2n) is 4.00. The highest BCUT2D eigenvalue weighted by Crippen LogP contribution is 2.43. The lowest BCUT2D eigenvalue weighted by atomic mass is 9.68. The first-order chi connectivity index (χ1) is 6.04.